The molecule has 0 aliphatic rings. The highest BCUT2D eigenvalue weighted by atomic mass is 15.2. The number of nitriles is 1. The summed E-state index contributed by atoms with van der Waals surface area (Å²) in [7, 11) is 4.05. The first-order valence-electron chi connectivity index (χ1n) is 5.95. The van der Waals surface area contributed by atoms with Gasteiger partial charge in [0, 0.05) is 12.1 Å². The van der Waals surface area contributed by atoms with Crippen LogP contribution in [0.3, 0.4) is 0 Å². The van der Waals surface area contributed by atoms with Gasteiger partial charge in [-0.25, -0.2) is 0 Å². The van der Waals surface area contributed by atoms with Crippen LogP contribution in [0, 0.1) is 25.2 Å². The van der Waals surface area contributed by atoms with Gasteiger partial charge < -0.3 is 10.2 Å². The van der Waals surface area contributed by atoms with Crippen LogP contribution in [0.2, 0.25) is 0 Å². The van der Waals surface area contributed by atoms with Gasteiger partial charge >= 0.3 is 0 Å². The summed E-state index contributed by atoms with van der Waals surface area (Å²) in [6.07, 6.45) is 0. The molecule has 0 aliphatic heterocycles. The third-order valence-corrected chi connectivity index (χ3v) is 3.47. The van der Waals surface area contributed by atoms with Crippen LogP contribution in [0.5, 0.6) is 0 Å². The predicted molar refractivity (Wildman–Crippen MR) is 72.5 cm³/mol. The quantitative estimate of drug-likeness (QED) is 0.877. The van der Waals surface area contributed by atoms with Crippen molar-refractivity contribution < 1.29 is 0 Å². The summed E-state index contributed by atoms with van der Waals surface area (Å²) in [6, 6.07) is 2.19. The molecule has 18 heavy (non-hydrogen) atoms. The van der Waals surface area contributed by atoms with Crippen LogP contribution in [0.15, 0.2) is 0 Å². The molecule has 0 atom stereocenters. The summed E-state index contributed by atoms with van der Waals surface area (Å²) in [6.45, 7) is 8.70. The van der Waals surface area contributed by atoms with Gasteiger partial charge in [0.15, 0.2) is 5.82 Å². The maximum Gasteiger partial charge on any atom is 0.166 e. The van der Waals surface area contributed by atoms with Crippen molar-refractivity contribution in [2.75, 3.05) is 26.0 Å². The van der Waals surface area contributed by atoms with E-state index in [2.05, 4.69) is 40.3 Å². The zero-order chi connectivity index (χ0) is 13.9. The van der Waals surface area contributed by atoms with Gasteiger partial charge in [-0.3, -0.25) is 0 Å². The number of nitrogens with one attached hydrogen (secondary N) is 1. The summed E-state index contributed by atoms with van der Waals surface area (Å²) in [4.78, 5) is 2.13. The van der Waals surface area contributed by atoms with E-state index >= 15 is 0 Å². The van der Waals surface area contributed by atoms with Crippen LogP contribution in [-0.4, -0.2) is 41.3 Å². The minimum Gasteiger partial charge on any atom is -0.366 e. The summed E-state index contributed by atoms with van der Waals surface area (Å²) in [5, 5.41) is 20.5. The minimum absolute atomic E-state index is 0.0206. The van der Waals surface area contributed by atoms with Crippen molar-refractivity contribution in [3.05, 3.63) is 16.8 Å². The van der Waals surface area contributed by atoms with Crippen LogP contribution in [0.1, 0.15) is 30.7 Å². The van der Waals surface area contributed by atoms with Crippen molar-refractivity contribution in [3.63, 3.8) is 0 Å². The molecule has 98 valence electrons. The number of anilines is 1. The molecule has 0 saturated carbocycles. The van der Waals surface area contributed by atoms with Gasteiger partial charge in [0.25, 0.3) is 0 Å². The van der Waals surface area contributed by atoms with E-state index in [4.69, 9.17) is 0 Å². The molecule has 5 nitrogen and oxygen atoms in total. The molecule has 1 heterocycles. The molecule has 0 saturated heterocycles. The summed E-state index contributed by atoms with van der Waals surface area (Å²) in [5.74, 6) is 0.565. The Labute approximate surface area is 109 Å². The fourth-order valence-corrected chi connectivity index (χ4v) is 1.33. The van der Waals surface area contributed by atoms with Crippen molar-refractivity contribution in [1.82, 2.24) is 15.1 Å². The largest absolute Gasteiger partial charge is 0.366 e. The van der Waals surface area contributed by atoms with Crippen LogP contribution in [-0.2, 0) is 0 Å². The maximum absolute atomic E-state index is 9.19. The lowest BCUT2D eigenvalue weighted by Gasteiger charge is -2.32. The molecule has 0 spiro atoms. The van der Waals surface area contributed by atoms with Crippen LogP contribution >= 0.6 is 0 Å². The number of nitrogens with zero attached hydrogens (tertiary/aromatic N) is 4. The molecular weight excluding hydrogens is 226 g/mol. The van der Waals surface area contributed by atoms with Gasteiger partial charge in [0.05, 0.1) is 5.69 Å². The molecule has 1 rings (SSSR count). The van der Waals surface area contributed by atoms with Gasteiger partial charge in [-0.2, -0.15) is 10.4 Å². The molecule has 5 heteroatoms. The average Bonchev–Trinajstić information content (AvgIpc) is 2.30. The van der Waals surface area contributed by atoms with Crippen LogP contribution in [0.25, 0.3) is 0 Å². The topological polar surface area (TPSA) is 64.8 Å². The van der Waals surface area contributed by atoms with E-state index in [1.807, 2.05) is 27.9 Å². The molecule has 1 aromatic heterocycles. The lowest BCUT2D eigenvalue weighted by molar-refractivity contribution is 0.210. The molecule has 0 bridgehead atoms. The number of hydrogen-bond donors (Lipinski definition) is 1. The normalized spacial score (nSPS) is 11.4. The second-order valence-corrected chi connectivity index (χ2v) is 5.31. The Hall–Kier alpha value is -1.67. The van der Waals surface area contributed by atoms with E-state index in [0.29, 0.717) is 17.9 Å². The molecule has 0 amide bonds. The van der Waals surface area contributed by atoms with Gasteiger partial charge in [-0.1, -0.05) is 0 Å². The third-order valence-electron chi connectivity index (χ3n) is 3.47. The minimum atomic E-state index is -0.0206. The first kappa shape index (κ1) is 14.4. The Bertz CT molecular complexity index is 471. The monoisotopic (exact) mass is 247 g/mol. The Morgan fingerprint density at radius 3 is 2.39 bits per heavy atom. The van der Waals surface area contributed by atoms with Gasteiger partial charge in [0.1, 0.15) is 11.6 Å². The molecule has 0 aromatic carbocycles. The van der Waals surface area contributed by atoms with E-state index < -0.39 is 0 Å². The summed E-state index contributed by atoms with van der Waals surface area (Å²) in [5.41, 5.74) is 2.24. The first-order valence-corrected chi connectivity index (χ1v) is 5.95. The Morgan fingerprint density at radius 2 is 1.89 bits per heavy atom. The van der Waals surface area contributed by atoms with E-state index in [-0.39, 0.29) is 5.54 Å². The third kappa shape index (κ3) is 2.96. The summed E-state index contributed by atoms with van der Waals surface area (Å²) < 4.78 is 0. The zero-order valence-electron chi connectivity index (χ0n) is 12.0. The van der Waals surface area contributed by atoms with Gasteiger partial charge in [-0.05, 0) is 47.4 Å². The Kier molecular flexibility index (Phi) is 4.25. The fourth-order valence-electron chi connectivity index (χ4n) is 1.33. The first-order chi connectivity index (χ1) is 8.29. The zero-order valence-corrected chi connectivity index (χ0v) is 12.0. The van der Waals surface area contributed by atoms with Crippen LogP contribution < -0.4 is 5.32 Å². The second kappa shape index (κ2) is 5.32. The lowest BCUT2D eigenvalue weighted by Crippen LogP contribution is -2.44. The van der Waals surface area contributed by atoms with Crippen LogP contribution in [0.4, 0.5) is 5.82 Å². The molecule has 0 unspecified atom stereocenters. The van der Waals surface area contributed by atoms with E-state index in [1.165, 1.54) is 0 Å². The highest BCUT2D eigenvalue weighted by Gasteiger charge is 2.21. The van der Waals surface area contributed by atoms with Crippen molar-refractivity contribution in [1.29, 1.82) is 5.26 Å². The molecule has 0 fully saturated rings. The molecule has 1 aromatic rings. The fraction of sp³-hybridized carbons (Fsp3) is 0.615. The smallest absolute Gasteiger partial charge is 0.166 e. The van der Waals surface area contributed by atoms with E-state index in [0.717, 1.165) is 11.3 Å². The van der Waals surface area contributed by atoms with E-state index in [9.17, 15) is 5.26 Å². The van der Waals surface area contributed by atoms with Gasteiger partial charge in [-0.15, -0.1) is 5.10 Å². The molecule has 0 radical (unpaired) electrons. The van der Waals surface area contributed by atoms with Crippen molar-refractivity contribution in [2.24, 2.45) is 0 Å². The molecule has 1 N–H and O–H groups in total. The SMILES string of the molecule is Cc1nnc(NCC(C)(C)N(C)C)c(C#N)c1C. The number of rotatable bonds is 4. The standard InChI is InChI=1S/C13H21N5/c1-9-10(2)16-17-12(11(9)7-14)15-8-13(3,4)18(5)6/h8H2,1-6H3,(H,15,17). The second-order valence-electron chi connectivity index (χ2n) is 5.31. The average molecular weight is 247 g/mol. The van der Waals surface area contributed by atoms with Crippen molar-refractivity contribution in [2.45, 2.75) is 33.2 Å². The predicted octanol–water partition coefficient (Wildman–Crippen LogP) is 1.72. The Morgan fingerprint density at radius 1 is 1.28 bits per heavy atom. The highest BCUT2D eigenvalue weighted by Crippen LogP contribution is 2.18. The number of aryl methyl sites for hydroxylation is 1. The lowest BCUT2D eigenvalue weighted by atomic mass is 10.0. The molecule has 0 aliphatic carbocycles. The Balaban J connectivity index is 2.94. The summed E-state index contributed by atoms with van der Waals surface area (Å²) >= 11 is 0. The number of aromatic nitrogens is 2. The van der Waals surface area contributed by atoms with Gasteiger partial charge in [0.2, 0.25) is 0 Å². The van der Waals surface area contributed by atoms with Crippen molar-refractivity contribution in [3.8, 4) is 6.07 Å². The van der Waals surface area contributed by atoms with Crippen molar-refractivity contribution >= 4 is 5.82 Å². The maximum atomic E-state index is 9.19. The number of hydrogen-bond acceptors (Lipinski definition) is 5. The molecular formula is C13H21N5. The van der Waals surface area contributed by atoms with E-state index in [1.54, 1.807) is 0 Å². The highest BCUT2D eigenvalue weighted by molar-refractivity contribution is 5.55. The number of likely N-dealkylation sites (N-methyl/N-ethyl adjacent to an activating group) is 1.